The number of nitrogens with one attached hydrogen (secondary N) is 1. The third-order valence-electron chi connectivity index (χ3n) is 9.17. The van der Waals surface area contributed by atoms with Crippen LogP contribution >= 0.6 is 0 Å². The molecule has 0 bridgehead atoms. The van der Waals surface area contributed by atoms with Gasteiger partial charge in [0, 0.05) is 51.5 Å². The number of rotatable bonds is 29. The second kappa shape index (κ2) is 25.0. The summed E-state index contributed by atoms with van der Waals surface area (Å²) < 4.78 is 7.75. The molecule has 3 rings (SSSR count). The predicted octanol–water partition coefficient (Wildman–Crippen LogP) is 6.89. The van der Waals surface area contributed by atoms with Gasteiger partial charge in [0.25, 0.3) is 0 Å². The van der Waals surface area contributed by atoms with Crippen molar-refractivity contribution in [1.82, 2.24) is 39.1 Å². The lowest BCUT2D eigenvalue weighted by molar-refractivity contribution is -0.144. The number of imidazole rings is 2. The molecule has 0 fully saturated rings. The SMILES string of the molecule is CCCN(CCC)CCCCOC(=O)CCN(CCCCN(CCC)CCC)Cc1ccc(CN(Cc2ncc[nH]2)Cc2nccn2C)cc1. The van der Waals surface area contributed by atoms with E-state index in [-0.39, 0.29) is 5.97 Å². The number of benzene rings is 1. The molecule has 0 spiro atoms. The summed E-state index contributed by atoms with van der Waals surface area (Å²) >= 11 is 0. The summed E-state index contributed by atoms with van der Waals surface area (Å²) in [6.45, 7) is 21.2. The molecule has 2 heterocycles. The van der Waals surface area contributed by atoms with Crippen LogP contribution in [-0.2, 0) is 42.8 Å². The average molecular weight is 693 g/mol. The topological polar surface area (TPSA) is 85.8 Å². The Labute approximate surface area is 303 Å². The second-order valence-electron chi connectivity index (χ2n) is 13.8. The number of hydrogen-bond donors (Lipinski definition) is 1. The zero-order chi connectivity index (χ0) is 35.8. The van der Waals surface area contributed by atoms with Crippen LogP contribution in [0.1, 0.15) is 108 Å². The summed E-state index contributed by atoms with van der Waals surface area (Å²) in [7, 11) is 2.04. The molecule has 280 valence electrons. The van der Waals surface area contributed by atoms with Gasteiger partial charge in [-0.15, -0.1) is 0 Å². The number of aromatic nitrogens is 4. The van der Waals surface area contributed by atoms with E-state index in [0.29, 0.717) is 13.0 Å². The van der Waals surface area contributed by atoms with Crippen LogP contribution in [0.25, 0.3) is 0 Å². The lowest BCUT2D eigenvalue weighted by atomic mass is 10.1. The van der Waals surface area contributed by atoms with E-state index in [1.807, 2.05) is 25.6 Å². The van der Waals surface area contributed by atoms with E-state index in [4.69, 9.17) is 4.74 Å². The summed E-state index contributed by atoms with van der Waals surface area (Å²) in [5.74, 6) is 1.90. The minimum absolute atomic E-state index is 0.0780. The van der Waals surface area contributed by atoms with Crippen molar-refractivity contribution in [3.8, 4) is 0 Å². The van der Waals surface area contributed by atoms with E-state index < -0.39 is 0 Å². The molecule has 1 N–H and O–H groups in total. The first-order valence-corrected chi connectivity index (χ1v) is 19.5. The number of unbranched alkanes of at least 4 members (excludes halogenated alkanes) is 2. The molecule has 1 aromatic carbocycles. The Morgan fingerprint density at radius 1 is 0.660 bits per heavy atom. The smallest absolute Gasteiger partial charge is 0.307 e. The van der Waals surface area contributed by atoms with Crippen LogP contribution in [0.5, 0.6) is 0 Å². The van der Waals surface area contributed by atoms with Gasteiger partial charge >= 0.3 is 5.97 Å². The summed E-state index contributed by atoms with van der Waals surface area (Å²) in [5, 5.41) is 0. The van der Waals surface area contributed by atoms with Crippen LogP contribution in [0.4, 0.5) is 0 Å². The zero-order valence-electron chi connectivity index (χ0n) is 32.1. The Balaban J connectivity index is 1.54. The standard InChI is InChI=1S/C40H68N8O2/c1-6-22-45(23-7-2)26-10-11-28-47(29-18-40(49)50-31-13-12-27-46(24-8-3)25-9-4)32-36-14-16-37(17-15-36)33-48(34-38-41-19-20-42-38)35-39-43-21-30-44(39)5/h14-17,19-21,30H,6-13,18,22-29,31-35H2,1-5H3,(H,41,42). The highest BCUT2D eigenvalue weighted by atomic mass is 16.5. The van der Waals surface area contributed by atoms with Gasteiger partial charge in [0.15, 0.2) is 0 Å². The maximum atomic E-state index is 12.8. The van der Waals surface area contributed by atoms with Crippen molar-refractivity contribution in [3.63, 3.8) is 0 Å². The van der Waals surface area contributed by atoms with Gasteiger partial charge in [-0.3, -0.25) is 14.6 Å². The highest BCUT2D eigenvalue weighted by Crippen LogP contribution is 2.15. The highest BCUT2D eigenvalue weighted by Gasteiger charge is 2.14. The van der Waals surface area contributed by atoms with Gasteiger partial charge in [0.2, 0.25) is 0 Å². The van der Waals surface area contributed by atoms with Crippen LogP contribution in [0, 0.1) is 0 Å². The first-order valence-electron chi connectivity index (χ1n) is 19.5. The van der Waals surface area contributed by atoms with Crippen molar-refractivity contribution < 1.29 is 9.53 Å². The molecule has 0 atom stereocenters. The minimum Gasteiger partial charge on any atom is -0.466 e. The van der Waals surface area contributed by atoms with Crippen LogP contribution in [0.15, 0.2) is 49.1 Å². The minimum atomic E-state index is -0.0780. The van der Waals surface area contributed by atoms with Gasteiger partial charge < -0.3 is 24.1 Å². The van der Waals surface area contributed by atoms with Crippen LogP contribution < -0.4 is 0 Å². The summed E-state index contributed by atoms with van der Waals surface area (Å²) in [6, 6.07) is 8.98. The number of hydrogen-bond acceptors (Lipinski definition) is 8. The zero-order valence-corrected chi connectivity index (χ0v) is 32.1. The number of H-pyrrole nitrogens is 1. The Morgan fingerprint density at radius 3 is 1.74 bits per heavy atom. The summed E-state index contributed by atoms with van der Waals surface area (Å²) in [6.07, 6.45) is 17.0. The molecular formula is C40H68N8O2. The molecule has 0 aliphatic heterocycles. The van der Waals surface area contributed by atoms with Gasteiger partial charge in [0.05, 0.1) is 26.1 Å². The number of carbonyl (C=O) groups excluding carboxylic acids is 1. The average Bonchev–Trinajstić information content (AvgIpc) is 3.77. The lowest BCUT2D eigenvalue weighted by Gasteiger charge is -2.24. The Bertz CT molecular complexity index is 1250. The van der Waals surface area contributed by atoms with E-state index in [0.717, 1.165) is 96.4 Å². The molecule has 0 aliphatic rings. The maximum absolute atomic E-state index is 12.8. The number of esters is 1. The van der Waals surface area contributed by atoms with Crippen LogP contribution in [-0.4, -0.2) is 104 Å². The monoisotopic (exact) mass is 693 g/mol. The van der Waals surface area contributed by atoms with E-state index >= 15 is 0 Å². The van der Waals surface area contributed by atoms with Gasteiger partial charge in [0.1, 0.15) is 11.6 Å². The van der Waals surface area contributed by atoms with Crippen molar-refractivity contribution >= 4 is 5.97 Å². The number of ether oxygens (including phenoxy) is 1. The fourth-order valence-corrected chi connectivity index (χ4v) is 6.60. The first-order chi connectivity index (χ1) is 24.4. The molecule has 0 aliphatic carbocycles. The van der Waals surface area contributed by atoms with E-state index in [9.17, 15) is 4.79 Å². The molecule has 0 unspecified atom stereocenters. The fraction of sp³-hybridized carbons (Fsp3) is 0.675. The van der Waals surface area contributed by atoms with Gasteiger partial charge in [-0.05, 0) is 108 Å². The molecule has 3 aromatic rings. The largest absolute Gasteiger partial charge is 0.466 e. The molecule has 0 radical (unpaired) electrons. The van der Waals surface area contributed by atoms with Gasteiger partial charge in [-0.25, -0.2) is 9.97 Å². The predicted molar refractivity (Wildman–Crippen MR) is 205 cm³/mol. The van der Waals surface area contributed by atoms with E-state index in [2.05, 4.69) is 91.1 Å². The highest BCUT2D eigenvalue weighted by molar-refractivity contribution is 5.69. The molecule has 0 amide bonds. The molecule has 10 heteroatoms. The molecule has 10 nitrogen and oxygen atoms in total. The molecular weight excluding hydrogens is 624 g/mol. The van der Waals surface area contributed by atoms with E-state index in [1.54, 1.807) is 6.20 Å². The van der Waals surface area contributed by atoms with Gasteiger partial charge in [-0.1, -0.05) is 52.0 Å². The number of nitrogens with zero attached hydrogens (tertiary/aromatic N) is 7. The number of carbonyl (C=O) groups is 1. The quantitative estimate of drug-likeness (QED) is 0.0623. The fourth-order valence-electron chi connectivity index (χ4n) is 6.60. The Kier molecular flexibility index (Phi) is 20.7. The molecule has 2 aromatic heterocycles. The number of aryl methyl sites for hydroxylation is 1. The number of aromatic amines is 1. The second-order valence-corrected chi connectivity index (χ2v) is 13.8. The Morgan fingerprint density at radius 2 is 1.22 bits per heavy atom. The maximum Gasteiger partial charge on any atom is 0.307 e. The van der Waals surface area contributed by atoms with Gasteiger partial charge in [-0.2, -0.15) is 0 Å². The Hall–Kier alpha value is -3.05. The summed E-state index contributed by atoms with van der Waals surface area (Å²) in [4.78, 5) is 35.0. The van der Waals surface area contributed by atoms with Crippen molar-refractivity contribution in [2.45, 2.75) is 112 Å². The third-order valence-corrected chi connectivity index (χ3v) is 9.17. The molecule has 0 saturated carbocycles. The van der Waals surface area contributed by atoms with Crippen LogP contribution in [0.3, 0.4) is 0 Å². The normalized spacial score (nSPS) is 11.9. The van der Waals surface area contributed by atoms with E-state index in [1.165, 1.54) is 56.3 Å². The van der Waals surface area contributed by atoms with Crippen LogP contribution in [0.2, 0.25) is 0 Å². The van der Waals surface area contributed by atoms with Crippen molar-refractivity contribution in [2.24, 2.45) is 7.05 Å². The third kappa shape index (κ3) is 16.8. The summed E-state index contributed by atoms with van der Waals surface area (Å²) in [5.41, 5.74) is 2.52. The molecule has 0 saturated heterocycles. The van der Waals surface area contributed by atoms with Crippen molar-refractivity contribution in [2.75, 3.05) is 59.0 Å². The first kappa shape index (κ1) is 41.4. The van der Waals surface area contributed by atoms with Crippen molar-refractivity contribution in [3.05, 3.63) is 71.8 Å². The molecule has 50 heavy (non-hydrogen) atoms. The van der Waals surface area contributed by atoms with Crippen molar-refractivity contribution in [1.29, 1.82) is 0 Å². The lowest BCUT2D eigenvalue weighted by Crippen LogP contribution is -2.30.